The lowest BCUT2D eigenvalue weighted by Crippen LogP contribution is -2.28. The van der Waals surface area contributed by atoms with Crippen LogP contribution in [0.25, 0.3) is 44.5 Å². The lowest BCUT2D eigenvalue weighted by atomic mass is 10.1. The van der Waals surface area contributed by atoms with Crippen molar-refractivity contribution in [3.05, 3.63) is 171 Å². The Morgan fingerprint density at radius 2 is 0.553 bits per heavy atom. The standard InChI is InChI=1S/C39H32N8/c1-5-13-30(14-6-1)34-22-40-44(26-34)38(45-27-35(23-41-45)31-15-7-2-8-16-31)21-39(46-28-36(24-42-46)32-17-9-3-10-18-32)47-29-37(25-43-47)33-19-11-4-12-20-33/h1-20,22-29,38-39H,21H2. The SMILES string of the molecule is c1ccc(-c2cnn(C(CC(n3cc(-c4ccccc4)cn3)n3cc(-c4ccccc4)cn3)n3cc(-c4ccccc4)cn3)c2)cc1. The van der Waals surface area contributed by atoms with Crippen molar-refractivity contribution in [1.29, 1.82) is 0 Å². The fourth-order valence-corrected chi connectivity index (χ4v) is 5.99. The number of nitrogens with zero attached hydrogens (tertiary/aromatic N) is 8. The van der Waals surface area contributed by atoms with E-state index >= 15 is 0 Å². The monoisotopic (exact) mass is 612 g/mol. The van der Waals surface area contributed by atoms with Gasteiger partial charge in [-0.05, 0) is 22.3 Å². The van der Waals surface area contributed by atoms with Gasteiger partial charge >= 0.3 is 0 Å². The summed E-state index contributed by atoms with van der Waals surface area (Å²) >= 11 is 0. The van der Waals surface area contributed by atoms with E-state index in [0.29, 0.717) is 6.42 Å². The molecule has 0 radical (unpaired) electrons. The zero-order valence-corrected chi connectivity index (χ0v) is 25.6. The predicted molar refractivity (Wildman–Crippen MR) is 184 cm³/mol. The van der Waals surface area contributed by atoms with E-state index in [0.717, 1.165) is 44.5 Å². The molecule has 8 heteroatoms. The van der Waals surface area contributed by atoms with Crippen LogP contribution in [0, 0.1) is 0 Å². The van der Waals surface area contributed by atoms with Crippen LogP contribution >= 0.6 is 0 Å². The van der Waals surface area contributed by atoms with Gasteiger partial charge in [-0.25, -0.2) is 18.7 Å². The van der Waals surface area contributed by atoms with Gasteiger partial charge in [0.15, 0.2) is 0 Å². The van der Waals surface area contributed by atoms with E-state index in [1.807, 2.05) is 116 Å². The molecule has 47 heavy (non-hydrogen) atoms. The van der Waals surface area contributed by atoms with Crippen molar-refractivity contribution in [2.24, 2.45) is 0 Å². The minimum atomic E-state index is -0.288. The average molecular weight is 613 g/mol. The molecular weight excluding hydrogens is 580 g/mol. The molecule has 8 nitrogen and oxygen atoms in total. The van der Waals surface area contributed by atoms with Gasteiger partial charge in [0.25, 0.3) is 0 Å². The van der Waals surface area contributed by atoms with Gasteiger partial charge in [-0.2, -0.15) is 20.4 Å². The Labute approximate surface area is 272 Å². The highest BCUT2D eigenvalue weighted by atomic mass is 15.5. The van der Waals surface area contributed by atoms with Crippen LogP contribution in [-0.4, -0.2) is 39.1 Å². The highest BCUT2D eigenvalue weighted by Gasteiger charge is 2.26. The van der Waals surface area contributed by atoms with Crippen LogP contribution in [0.15, 0.2) is 171 Å². The van der Waals surface area contributed by atoms with Gasteiger partial charge in [0.05, 0.1) is 24.8 Å². The molecular formula is C39H32N8. The maximum Gasteiger partial charge on any atom is 0.147 e. The average Bonchev–Trinajstić information content (AvgIpc) is 3.98. The van der Waals surface area contributed by atoms with Gasteiger partial charge in [0.2, 0.25) is 0 Å². The molecule has 0 amide bonds. The number of benzene rings is 4. The lowest BCUT2D eigenvalue weighted by molar-refractivity contribution is 0.238. The normalized spacial score (nSPS) is 11.4. The second-order valence-corrected chi connectivity index (χ2v) is 11.5. The smallest absolute Gasteiger partial charge is 0.147 e. The maximum atomic E-state index is 4.89. The van der Waals surface area contributed by atoms with Crippen LogP contribution in [0.1, 0.15) is 18.8 Å². The van der Waals surface area contributed by atoms with Gasteiger partial charge in [0.1, 0.15) is 12.3 Å². The van der Waals surface area contributed by atoms with Crippen molar-refractivity contribution in [3.63, 3.8) is 0 Å². The summed E-state index contributed by atoms with van der Waals surface area (Å²) in [6.45, 7) is 0. The van der Waals surface area contributed by atoms with E-state index in [2.05, 4.69) is 73.3 Å². The Kier molecular flexibility index (Phi) is 7.57. The van der Waals surface area contributed by atoms with Gasteiger partial charge in [-0.1, -0.05) is 121 Å². The summed E-state index contributed by atoms with van der Waals surface area (Å²) < 4.78 is 8.00. The highest BCUT2D eigenvalue weighted by molar-refractivity contribution is 5.63. The molecule has 4 aromatic heterocycles. The molecule has 4 heterocycles. The van der Waals surface area contributed by atoms with Crippen molar-refractivity contribution in [1.82, 2.24) is 39.1 Å². The first-order valence-electron chi connectivity index (χ1n) is 15.7. The van der Waals surface area contributed by atoms with Crippen molar-refractivity contribution in [2.45, 2.75) is 18.8 Å². The summed E-state index contributed by atoms with van der Waals surface area (Å²) in [4.78, 5) is 0. The minimum Gasteiger partial charge on any atom is -0.247 e. The minimum absolute atomic E-state index is 0.288. The summed E-state index contributed by atoms with van der Waals surface area (Å²) in [7, 11) is 0. The van der Waals surface area contributed by atoms with E-state index in [9.17, 15) is 0 Å². The summed E-state index contributed by atoms with van der Waals surface area (Å²) in [5.41, 5.74) is 8.60. The third-order valence-corrected chi connectivity index (χ3v) is 8.48. The molecule has 4 aromatic carbocycles. The van der Waals surface area contributed by atoms with Crippen LogP contribution < -0.4 is 0 Å². The van der Waals surface area contributed by atoms with Crippen molar-refractivity contribution in [2.75, 3.05) is 0 Å². The first-order chi connectivity index (χ1) is 23.3. The van der Waals surface area contributed by atoms with Gasteiger partial charge in [-0.3, -0.25) is 0 Å². The van der Waals surface area contributed by atoms with Crippen LogP contribution in [0.2, 0.25) is 0 Å². The topological polar surface area (TPSA) is 71.3 Å². The highest BCUT2D eigenvalue weighted by Crippen LogP contribution is 2.31. The molecule has 0 saturated heterocycles. The molecule has 0 saturated carbocycles. The Bertz CT molecular complexity index is 1860. The largest absolute Gasteiger partial charge is 0.247 e. The molecule has 0 unspecified atom stereocenters. The summed E-state index contributed by atoms with van der Waals surface area (Å²) in [5.74, 6) is 0. The van der Waals surface area contributed by atoms with Crippen LogP contribution in [-0.2, 0) is 0 Å². The van der Waals surface area contributed by atoms with Crippen molar-refractivity contribution in [3.8, 4) is 44.5 Å². The molecule has 0 spiro atoms. The van der Waals surface area contributed by atoms with Crippen LogP contribution in [0.4, 0.5) is 0 Å². The third kappa shape index (κ3) is 5.92. The van der Waals surface area contributed by atoms with Gasteiger partial charge in [-0.15, -0.1) is 0 Å². The Morgan fingerprint density at radius 1 is 0.319 bits per heavy atom. The summed E-state index contributed by atoms with van der Waals surface area (Å²) in [6, 6.07) is 41.3. The van der Waals surface area contributed by atoms with Gasteiger partial charge in [0, 0.05) is 53.5 Å². The van der Waals surface area contributed by atoms with Crippen LogP contribution in [0.3, 0.4) is 0 Å². The molecule has 0 N–H and O–H groups in total. The Hall–Kier alpha value is -6.28. The quantitative estimate of drug-likeness (QED) is 0.156. The second-order valence-electron chi connectivity index (χ2n) is 11.5. The molecule has 0 bridgehead atoms. The number of hydrogen-bond acceptors (Lipinski definition) is 4. The molecule has 8 rings (SSSR count). The molecule has 0 atom stereocenters. The number of rotatable bonds is 10. The zero-order valence-electron chi connectivity index (χ0n) is 25.6. The summed E-state index contributed by atoms with van der Waals surface area (Å²) in [5, 5.41) is 19.6. The van der Waals surface area contributed by atoms with E-state index in [-0.39, 0.29) is 12.3 Å². The van der Waals surface area contributed by atoms with E-state index in [4.69, 9.17) is 20.4 Å². The van der Waals surface area contributed by atoms with Crippen LogP contribution in [0.5, 0.6) is 0 Å². The first kappa shape index (κ1) is 28.2. The molecule has 0 fully saturated rings. The lowest BCUT2D eigenvalue weighted by Gasteiger charge is -2.25. The molecule has 8 aromatic rings. The Balaban J connectivity index is 1.22. The molecule has 0 aliphatic heterocycles. The Morgan fingerprint density at radius 3 is 0.787 bits per heavy atom. The zero-order chi connectivity index (χ0) is 31.4. The van der Waals surface area contributed by atoms with E-state index in [1.165, 1.54) is 0 Å². The molecule has 228 valence electrons. The predicted octanol–water partition coefficient (Wildman–Crippen LogP) is 8.32. The van der Waals surface area contributed by atoms with E-state index in [1.54, 1.807) is 0 Å². The first-order valence-corrected chi connectivity index (χ1v) is 15.7. The van der Waals surface area contributed by atoms with Gasteiger partial charge < -0.3 is 0 Å². The maximum absolute atomic E-state index is 4.89. The fourth-order valence-electron chi connectivity index (χ4n) is 5.99. The number of hydrogen-bond donors (Lipinski definition) is 0. The van der Waals surface area contributed by atoms with E-state index < -0.39 is 0 Å². The fraction of sp³-hybridized carbons (Fsp3) is 0.0769. The molecule has 0 aliphatic rings. The summed E-state index contributed by atoms with van der Waals surface area (Å²) in [6.07, 6.45) is 16.0. The second kappa shape index (κ2) is 12.6. The van der Waals surface area contributed by atoms with Crippen molar-refractivity contribution < 1.29 is 0 Å². The number of aromatic nitrogens is 8. The van der Waals surface area contributed by atoms with Crippen molar-refractivity contribution >= 4 is 0 Å². The third-order valence-electron chi connectivity index (χ3n) is 8.48. The molecule has 0 aliphatic carbocycles.